The summed E-state index contributed by atoms with van der Waals surface area (Å²) in [6, 6.07) is 12.3. The van der Waals surface area contributed by atoms with Gasteiger partial charge >= 0.3 is 0 Å². The van der Waals surface area contributed by atoms with Crippen LogP contribution in [-0.2, 0) is 0 Å². The zero-order valence-electron chi connectivity index (χ0n) is 13.0. The Labute approximate surface area is 154 Å². The SMILES string of the molecule is O=C(CC(C(=O)c1ccc(Cl)cc1)n1cncn1)c1ccc(Cl)cc1. The molecule has 5 nitrogen and oxygen atoms in total. The van der Waals surface area contributed by atoms with E-state index >= 15 is 0 Å². The van der Waals surface area contributed by atoms with Crippen LogP contribution in [-0.4, -0.2) is 26.3 Å². The third-order valence-electron chi connectivity index (χ3n) is 3.73. The van der Waals surface area contributed by atoms with E-state index in [4.69, 9.17) is 23.2 Å². The Morgan fingerprint density at radius 2 is 1.48 bits per heavy atom. The second-order valence-electron chi connectivity index (χ2n) is 5.40. The van der Waals surface area contributed by atoms with Crippen LogP contribution in [0.5, 0.6) is 0 Å². The van der Waals surface area contributed by atoms with E-state index in [1.165, 1.54) is 17.3 Å². The third-order valence-corrected chi connectivity index (χ3v) is 4.24. The highest BCUT2D eigenvalue weighted by Crippen LogP contribution is 2.22. The van der Waals surface area contributed by atoms with Gasteiger partial charge in [0.25, 0.3) is 0 Å². The molecule has 1 atom stereocenters. The van der Waals surface area contributed by atoms with E-state index in [2.05, 4.69) is 10.1 Å². The first-order valence-corrected chi connectivity index (χ1v) is 8.23. The standard InChI is InChI=1S/C18H13Cl2N3O2/c19-14-5-1-12(2-6-14)17(24)9-16(23-11-21-10-22-23)18(25)13-3-7-15(20)8-4-13/h1-8,10-11,16H,9H2. The largest absolute Gasteiger partial charge is 0.294 e. The van der Waals surface area contributed by atoms with Crippen LogP contribution in [0.1, 0.15) is 33.2 Å². The highest BCUT2D eigenvalue weighted by atomic mass is 35.5. The predicted octanol–water partition coefficient (Wildman–Crippen LogP) is 4.28. The summed E-state index contributed by atoms with van der Waals surface area (Å²) in [6.45, 7) is 0. The maximum Gasteiger partial charge on any atom is 0.187 e. The van der Waals surface area contributed by atoms with Crippen LogP contribution in [0.25, 0.3) is 0 Å². The smallest absolute Gasteiger partial charge is 0.187 e. The molecule has 0 aliphatic heterocycles. The van der Waals surface area contributed by atoms with Crippen molar-refractivity contribution in [2.24, 2.45) is 0 Å². The lowest BCUT2D eigenvalue weighted by atomic mass is 9.97. The summed E-state index contributed by atoms with van der Waals surface area (Å²) >= 11 is 11.7. The highest BCUT2D eigenvalue weighted by molar-refractivity contribution is 6.31. The van der Waals surface area contributed by atoms with Crippen molar-refractivity contribution in [2.75, 3.05) is 0 Å². The number of ketones is 2. The number of carbonyl (C=O) groups is 2. The maximum atomic E-state index is 12.9. The number of halogens is 2. The molecule has 0 saturated carbocycles. The van der Waals surface area contributed by atoms with Crippen LogP contribution in [0.2, 0.25) is 10.0 Å². The summed E-state index contributed by atoms with van der Waals surface area (Å²) in [5.41, 5.74) is 0.937. The van der Waals surface area contributed by atoms with Gasteiger partial charge in [-0.25, -0.2) is 9.67 Å². The number of benzene rings is 2. The third kappa shape index (κ3) is 4.13. The second-order valence-corrected chi connectivity index (χ2v) is 6.27. The van der Waals surface area contributed by atoms with E-state index < -0.39 is 6.04 Å². The monoisotopic (exact) mass is 373 g/mol. The average Bonchev–Trinajstić information content (AvgIpc) is 3.14. The molecule has 3 rings (SSSR count). The van der Waals surface area contributed by atoms with E-state index in [0.29, 0.717) is 21.2 Å². The molecule has 0 fully saturated rings. The highest BCUT2D eigenvalue weighted by Gasteiger charge is 2.26. The summed E-state index contributed by atoms with van der Waals surface area (Å²) in [5, 5.41) is 5.10. The minimum absolute atomic E-state index is 0.0353. The Morgan fingerprint density at radius 3 is 2.00 bits per heavy atom. The Morgan fingerprint density at radius 1 is 0.920 bits per heavy atom. The van der Waals surface area contributed by atoms with Crippen molar-refractivity contribution < 1.29 is 9.59 Å². The molecule has 0 saturated heterocycles. The fraction of sp³-hybridized carbons (Fsp3) is 0.111. The van der Waals surface area contributed by atoms with Gasteiger partial charge in [0.15, 0.2) is 11.6 Å². The number of nitrogens with zero attached hydrogens (tertiary/aromatic N) is 3. The first-order valence-electron chi connectivity index (χ1n) is 7.47. The van der Waals surface area contributed by atoms with Gasteiger partial charge in [0, 0.05) is 27.6 Å². The summed E-state index contributed by atoms with van der Waals surface area (Å²) in [5.74, 6) is -0.413. The van der Waals surface area contributed by atoms with Gasteiger partial charge in [-0.2, -0.15) is 5.10 Å². The molecule has 1 unspecified atom stereocenters. The van der Waals surface area contributed by atoms with Gasteiger partial charge in [-0.05, 0) is 48.5 Å². The molecule has 3 aromatic rings. The van der Waals surface area contributed by atoms with Crippen molar-refractivity contribution >= 4 is 34.8 Å². The minimum atomic E-state index is -0.785. The Balaban J connectivity index is 1.87. The first kappa shape index (κ1) is 17.3. The van der Waals surface area contributed by atoms with Gasteiger partial charge in [-0.15, -0.1) is 0 Å². The van der Waals surface area contributed by atoms with E-state index in [9.17, 15) is 9.59 Å². The van der Waals surface area contributed by atoms with Crippen LogP contribution in [0.15, 0.2) is 61.2 Å². The summed E-state index contributed by atoms with van der Waals surface area (Å²) < 4.78 is 1.39. The molecule has 7 heteroatoms. The van der Waals surface area contributed by atoms with Crippen LogP contribution >= 0.6 is 23.2 Å². The van der Waals surface area contributed by atoms with Gasteiger partial charge in [-0.3, -0.25) is 9.59 Å². The minimum Gasteiger partial charge on any atom is -0.294 e. The Hall–Kier alpha value is -2.50. The summed E-state index contributed by atoms with van der Waals surface area (Å²) in [6.07, 6.45) is 2.72. The molecular formula is C18H13Cl2N3O2. The molecule has 0 N–H and O–H groups in total. The normalized spacial score (nSPS) is 11.9. The maximum absolute atomic E-state index is 12.9. The Bertz CT molecular complexity index is 876. The van der Waals surface area contributed by atoms with E-state index in [1.54, 1.807) is 48.5 Å². The van der Waals surface area contributed by atoms with Crippen molar-refractivity contribution in [1.29, 1.82) is 0 Å². The van der Waals surface area contributed by atoms with E-state index in [-0.39, 0.29) is 18.0 Å². The molecule has 0 radical (unpaired) electrons. The van der Waals surface area contributed by atoms with Crippen molar-refractivity contribution in [3.63, 3.8) is 0 Å². The van der Waals surface area contributed by atoms with Gasteiger partial charge in [0.2, 0.25) is 0 Å². The molecule has 25 heavy (non-hydrogen) atoms. The number of hydrogen-bond acceptors (Lipinski definition) is 4. The molecule has 0 spiro atoms. The lowest BCUT2D eigenvalue weighted by molar-refractivity contribution is 0.0850. The first-order chi connectivity index (χ1) is 12.0. The van der Waals surface area contributed by atoms with E-state index in [1.807, 2.05) is 0 Å². The zero-order valence-corrected chi connectivity index (χ0v) is 14.5. The number of hydrogen-bond donors (Lipinski definition) is 0. The molecule has 1 aromatic heterocycles. The van der Waals surface area contributed by atoms with E-state index in [0.717, 1.165) is 0 Å². The van der Waals surface area contributed by atoms with Gasteiger partial charge in [0.05, 0.1) is 0 Å². The summed E-state index contributed by atoms with van der Waals surface area (Å²) in [4.78, 5) is 29.3. The quantitative estimate of drug-likeness (QED) is 0.604. The van der Waals surface area contributed by atoms with Gasteiger partial charge in [-0.1, -0.05) is 23.2 Å². The molecule has 0 aliphatic carbocycles. The van der Waals surface area contributed by atoms with Crippen LogP contribution in [0.4, 0.5) is 0 Å². The van der Waals surface area contributed by atoms with Crippen molar-refractivity contribution in [2.45, 2.75) is 12.5 Å². The van der Waals surface area contributed by atoms with Crippen LogP contribution < -0.4 is 0 Å². The Kier molecular flexibility index (Phi) is 5.26. The molecule has 1 heterocycles. The fourth-order valence-electron chi connectivity index (χ4n) is 2.42. The lowest BCUT2D eigenvalue weighted by Crippen LogP contribution is -2.23. The molecule has 2 aromatic carbocycles. The van der Waals surface area contributed by atoms with Crippen LogP contribution in [0.3, 0.4) is 0 Å². The number of Topliss-reactive ketones (excluding diaryl/α,β-unsaturated/α-hetero) is 2. The van der Waals surface area contributed by atoms with Gasteiger partial charge < -0.3 is 0 Å². The summed E-state index contributed by atoms with van der Waals surface area (Å²) in [7, 11) is 0. The topological polar surface area (TPSA) is 64.8 Å². The fourth-order valence-corrected chi connectivity index (χ4v) is 2.67. The molecular weight excluding hydrogens is 361 g/mol. The van der Waals surface area contributed by atoms with Crippen LogP contribution in [0, 0.1) is 0 Å². The zero-order chi connectivity index (χ0) is 17.8. The van der Waals surface area contributed by atoms with Crippen molar-refractivity contribution in [3.05, 3.63) is 82.4 Å². The van der Waals surface area contributed by atoms with Crippen molar-refractivity contribution in [3.8, 4) is 0 Å². The number of aromatic nitrogens is 3. The average molecular weight is 374 g/mol. The molecule has 0 amide bonds. The molecule has 0 bridgehead atoms. The number of rotatable bonds is 6. The second kappa shape index (κ2) is 7.59. The lowest BCUT2D eigenvalue weighted by Gasteiger charge is -2.15. The van der Waals surface area contributed by atoms with Gasteiger partial charge in [0.1, 0.15) is 18.7 Å². The predicted molar refractivity (Wildman–Crippen MR) is 95.2 cm³/mol. The van der Waals surface area contributed by atoms with Crippen molar-refractivity contribution in [1.82, 2.24) is 14.8 Å². The number of carbonyl (C=O) groups excluding carboxylic acids is 2. The molecule has 126 valence electrons. The molecule has 0 aliphatic rings.